The van der Waals surface area contributed by atoms with Gasteiger partial charge in [0.25, 0.3) is 5.91 Å². The quantitative estimate of drug-likeness (QED) is 0.716. The molecular weight excluding hydrogens is 182 g/mol. The van der Waals surface area contributed by atoms with Crippen molar-refractivity contribution in [1.82, 2.24) is 4.90 Å². The van der Waals surface area contributed by atoms with Crippen LogP contribution in [-0.4, -0.2) is 30.1 Å². The van der Waals surface area contributed by atoms with E-state index in [4.69, 9.17) is 4.74 Å². The van der Waals surface area contributed by atoms with Crippen molar-refractivity contribution in [1.29, 1.82) is 0 Å². The number of hydrogen-bond acceptors (Lipinski definition) is 3. The van der Waals surface area contributed by atoms with Crippen LogP contribution in [0.25, 0.3) is 0 Å². The first kappa shape index (κ1) is 9.02. The van der Waals surface area contributed by atoms with Crippen molar-refractivity contribution in [2.75, 3.05) is 14.2 Å². The highest BCUT2D eigenvalue weighted by atomic mass is 16.5. The molecule has 0 fully saturated rings. The summed E-state index contributed by atoms with van der Waals surface area (Å²) in [5, 5.41) is 9.69. The monoisotopic (exact) mass is 193 g/mol. The van der Waals surface area contributed by atoms with Gasteiger partial charge in [-0.1, -0.05) is 12.1 Å². The van der Waals surface area contributed by atoms with Crippen LogP contribution in [0.2, 0.25) is 0 Å². The van der Waals surface area contributed by atoms with Crippen LogP contribution in [0.15, 0.2) is 18.2 Å². The fourth-order valence-electron chi connectivity index (χ4n) is 1.66. The Labute approximate surface area is 81.7 Å². The van der Waals surface area contributed by atoms with Gasteiger partial charge in [-0.2, -0.15) is 0 Å². The number of methoxy groups -OCH3 is 1. The van der Waals surface area contributed by atoms with Crippen molar-refractivity contribution in [2.24, 2.45) is 0 Å². The average molecular weight is 193 g/mol. The van der Waals surface area contributed by atoms with Gasteiger partial charge in [-0.3, -0.25) is 4.79 Å². The van der Waals surface area contributed by atoms with Crippen molar-refractivity contribution in [3.8, 4) is 5.75 Å². The molecule has 0 unspecified atom stereocenters. The lowest BCUT2D eigenvalue weighted by Gasteiger charge is -2.13. The second kappa shape index (κ2) is 2.99. The minimum atomic E-state index is -0.854. The average Bonchev–Trinajstić information content (AvgIpc) is 2.44. The smallest absolute Gasteiger partial charge is 0.260 e. The van der Waals surface area contributed by atoms with E-state index in [0.717, 1.165) is 0 Å². The Hall–Kier alpha value is -1.55. The van der Waals surface area contributed by atoms with Crippen molar-refractivity contribution in [2.45, 2.75) is 6.23 Å². The minimum absolute atomic E-state index is 0.204. The van der Waals surface area contributed by atoms with E-state index in [9.17, 15) is 9.90 Å². The largest absolute Gasteiger partial charge is 0.496 e. The van der Waals surface area contributed by atoms with E-state index in [2.05, 4.69) is 0 Å². The molecule has 4 heteroatoms. The molecule has 1 N–H and O–H groups in total. The van der Waals surface area contributed by atoms with Crippen molar-refractivity contribution < 1.29 is 14.6 Å². The summed E-state index contributed by atoms with van der Waals surface area (Å²) in [6.07, 6.45) is -0.854. The van der Waals surface area contributed by atoms with Gasteiger partial charge in [0.15, 0.2) is 6.23 Å². The van der Waals surface area contributed by atoms with Gasteiger partial charge in [0.2, 0.25) is 0 Å². The van der Waals surface area contributed by atoms with Gasteiger partial charge >= 0.3 is 0 Å². The zero-order valence-corrected chi connectivity index (χ0v) is 8.02. The molecule has 1 aromatic carbocycles. The molecule has 1 amide bonds. The second-order valence-corrected chi connectivity index (χ2v) is 3.21. The fraction of sp³-hybridized carbons (Fsp3) is 0.300. The summed E-state index contributed by atoms with van der Waals surface area (Å²) in [4.78, 5) is 13.0. The summed E-state index contributed by atoms with van der Waals surface area (Å²) in [6.45, 7) is 0. The molecule has 0 saturated heterocycles. The molecule has 0 spiro atoms. The maximum Gasteiger partial charge on any atom is 0.260 e. The molecule has 0 aromatic heterocycles. The third kappa shape index (κ3) is 1.01. The molecule has 1 aliphatic heterocycles. The number of amides is 1. The number of rotatable bonds is 1. The molecular formula is C10H11NO3. The van der Waals surface area contributed by atoms with E-state index in [-0.39, 0.29) is 5.91 Å². The van der Waals surface area contributed by atoms with Gasteiger partial charge in [-0.05, 0) is 6.07 Å². The van der Waals surface area contributed by atoms with Crippen molar-refractivity contribution in [3.63, 3.8) is 0 Å². The first-order chi connectivity index (χ1) is 6.66. The molecule has 1 aromatic rings. The third-order valence-electron chi connectivity index (χ3n) is 2.46. The van der Waals surface area contributed by atoms with Crippen molar-refractivity contribution >= 4 is 5.91 Å². The normalized spacial score (nSPS) is 19.8. The zero-order chi connectivity index (χ0) is 10.3. The van der Waals surface area contributed by atoms with E-state index in [0.29, 0.717) is 16.9 Å². The summed E-state index contributed by atoms with van der Waals surface area (Å²) in [7, 11) is 3.07. The molecule has 14 heavy (non-hydrogen) atoms. The standard InChI is InChI=1S/C10H11NO3/c1-11-9(12)6-4-3-5-7(14-2)8(6)10(11)13/h3-5,9,12H,1-2H3/t9-/m1/s1. The molecule has 0 aliphatic carbocycles. The zero-order valence-electron chi connectivity index (χ0n) is 8.02. The second-order valence-electron chi connectivity index (χ2n) is 3.21. The Bertz CT molecular complexity index is 389. The van der Waals surface area contributed by atoms with Crippen LogP contribution in [0.3, 0.4) is 0 Å². The van der Waals surface area contributed by atoms with Crippen LogP contribution in [0.4, 0.5) is 0 Å². The number of benzene rings is 1. The SMILES string of the molecule is COc1cccc2c1C(=O)N(C)[C@@H]2O. The number of hydrogen-bond donors (Lipinski definition) is 1. The Morgan fingerprint density at radius 3 is 2.86 bits per heavy atom. The number of fused-ring (bicyclic) bond motifs is 1. The summed E-state index contributed by atoms with van der Waals surface area (Å²) < 4.78 is 5.07. The van der Waals surface area contributed by atoms with Crippen LogP contribution < -0.4 is 4.74 Å². The van der Waals surface area contributed by atoms with Crippen molar-refractivity contribution in [3.05, 3.63) is 29.3 Å². The molecule has 0 bridgehead atoms. The molecule has 1 aliphatic rings. The van der Waals surface area contributed by atoms with Gasteiger partial charge in [-0.25, -0.2) is 0 Å². The van der Waals surface area contributed by atoms with E-state index in [1.54, 1.807) is 25.2 Å². The van der Waals surface area contributed by atoms with Crippen LogP contribution in [0.5, 0.6) is 5.75 Å². The molecule has 0 saturated carbocycles. The van der Waals surface area contributed by atoms with E-state index in [1.165, 1.54) is 12.0 Å². The van der Waals surface area contributed by atoms with Crippen LogP contribution in [-0.2, 0) is 0 Å². The number of carbonyl (C=O) groups is 1. The number of aliphatic hydroxyl groups excluding tert-OH is 1. The third-order valence-corrected chi connectivity index (χ3v) is 2.46. The van der Waals surface area contributed by atoms with E-state index >= 15 is 0 Å². The van der Waals surface area contributed by atoms with E-state index in [1.807, 2.05) is 0 Å². The fourth-order valence-corrected chi connectivity index (χ4v) is 1.66. The highest BCUT2D eigenvalue weighted by Gasteiger charge is 2.35. The lowest BCUT2D eigenvalue weighted by Crippen LogP contribution is -2.22. The first-order valence-corrected chi connectivity index (χ1v) is 4.29. The van der Waals surface area contributed by atoms with Gasteiger partial charge in [0.1, 0.15) is 5.75 Å². The molecule has 1 heterocycles. The minimum Gasteiger partial charge on any atom is -0.496 e. The molecule has 1 atom stereocenters. The van der Waals surface area contributed by atoms with Crippen LogP contribution in [0.1, 0.15) is 22.1 Å². The molecule has 4 nitrogen and oxygen atoms in total. The number of aliphatic hydroxyl groups is 1. The number of nitrogens with zero attached hydrogens (tertiary/aromatic N) is 1. The molecule has 0 radical (unpaired) electrons. The van der Waals surface area contributed by atoms with Gasteiger partial charge in [0.05, 0.1) is 12.7 Å². The summed E-state index contributed by atoms with van der Waals surface area (Å²) in [6, 6.07) is 5.19. The predicted molar refractivity (Wildman–Crippen MR) is 50.0 cm³/mol. The Morgan fingerprint density at radius 2 is 2.21 bits per heavy atom. The topological polar surface area (TPSA) is 49.8 Å². The number of ether oxygens (including phenoxy) is 1. The number of carbonyl (C=O) groups excluding carboxylic acids is 1. The van der Waals surface area contributed by atoms with E-state index < -0.39 is 6.23 Å². The maximum absolute atomic E-state index is 11.7. The summed E-state index contributed by atoms with van der Waals surface area (Å²) >= 11 is 0. The summed E-state index contributed by atoms with van der Waals surface area (Å²) in [5.41, 5.74) is 1.07. The van der Waals surface area contributed by atoms with Gasteiger partial charge in [0, 0.05) is 12.6 Å². The highest BCUT2D eigenvalue weighted by molar-refractivity contribution is 6.01. The Balaban J connectivity index is 2.63. The van der Waals surface area contributed by atoms with Crippen LogP contribution in [0, 0.1) is 0 Å². The lowest BCUT2D eigenvalue weighted by atomic mass is 10.1. The first-order valence-electron chi connectivity index (χ1n) is 4.29. The van der Waals surface area contributed by atoms with Crippen LogP contribution >= 0.6 is 0 Å². The Kier molecular flexibility index (Phi) is 1.93. The summed E-state index contributed by atoms with van der Waals surface area (Å²) in [5.74, 6) is 0.306. The molecule has 74 valence electrons. The molecule has 2 rings (SSSR count). The maximum atomic E-state index is 11.7. The highest BCUT2D eigenvalue weighted by Crippen LogP contribution is 2.35. The van der Waals surface area contributed by atoms with Gasteiger partial charge < -0.3 is 14.7 Å². The Morgan fingerprint density at radius 1 is 1.50 bits per heavy atom. The lowest BCUT2D eigenvalue weighted by molar-refractivity contribution is 0.0301. The predicted octanol–water partition coefficient (Wildman–Crippen LogP) is 0.772. The van der Waals surface area contributed by atoms with Gasteiger partial charge in [-0.15, -0.1) is 0 Å².